The summed E-state index contributed by atoms with van der Waals surface area (Å²) in [5.74, 6) is -8.02. The van der Waals surface area contributed by atoms with Crippen LogP contribution in [0.2, 0.25) is 0 Å². The lowest BCUT2D eigenvalue weighted by Crippen LogP contribution is -2.60. The topological polar surface area (TPSA) is 97.7 Å². The molecule has 0 rings (SSSR count). The van der Waals surface area contributed by atoms with Gasteiger partial charge in [0.15, 0.2) is 0 Å². The molecule has 0 aromatic heterocycles. The molecule has 0 aromatic carbocycles. The van der Waals surface area contributed by atoms with Crippen molar-refractivity contribution in [2.75, 3.05) is 0 Å². The predicted molar refractivity (Wildman–Crippen MR) is 74.1 cm³/mol. The van der Waals surface area contributed by atoms with E-state index in [1.54, 1.807) is 0 Å². The zero-order valence-corrected chi connectivity index (χ0v) is 14.1. The van der Waals surface area contributed by atoms with Gasteiger partial charge in [-0.25, -0.2) is 0 Å². The summed E-state index contributed by atoms with van der Waals surface area (Å²) < 4.78 is 134. The Balaban J connectivity index is 6.11. The van der Waals surface area contributed by atoms with Crippen LogP contribution in [0.25, 0.3) is 0 Å². The third-order valence-corrected chi connectivity index (χ3v) is 4.59. The van der Waals surface area contributed by atoms with E-state index in [4.69, 9.17) is 4.55 Å². The van der Waals surface area contributed by atoms with Crippen molar-refractivity contribution >= 4 is 20.2 Å². The Morgan fingerprint density at radius 3 is 1.76 bits per heavy atom. The molecule has 1 N–H and O–H groups in total. The van der Waals surface area contributed by atoms with Crippen molar-refractivity contribution in [2.24, 2.45) is 0 Å². The van der Waals surface area contributed by atoms with Gasteiger partial charge < -0.3 is 4.18 Å². The molecule has 0 spiro atoms. The van der Waals surface area contributed by atoms with Crippen LogP contribution in [0.15, 0.2) is 36.1 Å². The average molecular weight is 418 g/mol. The summed E-state index contributed by atoms with van der Waals surface area (Å²) in [6.45, 7) is 5.75. The van der Waals surface area contributed by atoms with E-state index >= 15 is 0 Å². The SMILES string of the molecule is C=C(C)/C=C\C(=CC)OS(=O)(=O)C(F)(F)C(F)(F)C(F)(F)S(=O)(=O)O. The highest BCUT2D eigenvalue weighted by Gasteiger charge is 2.83. The van der Waals surface area contributed by atoms with E-state index in [2.05, 4.69) is 10.8 Å². The maximum Gasteiger partial charge on any atom is 0.450 e. The molecule has 0 radical (unpaired) electrons. The first-order chi connectivity index (χ1) is 10.8. The van der Waals surface area contributed by atoms with Crippen molar-refractivity contribution in [1.29, 1.82) is 0 Å². The van der Waals surface area contributed by atoms with Gasteiger partial charge in [0.25, 0.3) is 0 Å². The Kier molecular flexibility index (Phi) is 6.56. The molecular formula is C11H12F6O6S2. The lowest BCUT2D eigenvalue weighted by atomic mass is 10.3. The van der Waals surface area contributed by atoms with E-state index in [1.807, 2.05) is 0 Å². The normalized spacial score (nSPS) is 15.5. The molecule has 0 amide bonds. The van der Waals surface area contributed by atoms with Crippen LogP contribution in [0.3, 0.4) is 0 Å². The number of halogens is 6. The highest BCUT2D eigenvalue weighted by Crippen LogP contribution is 2.51. The minimum atomic E-state index is -7.08. The summed E-state index contributed by atoms with van der Waals surface area (Å²) in [4.78, 5) is 0. The largest absolute Gasteiger partial charge is 0.450 e. The first-order valence-corrected chi connectivity index (χ1v) is 8.74. The first kappa shape index (κ1) is 23.5. The summed E-state index contributed by atoms with van der Waals surface area (Å²) in [6, 6.07) is 0. The number of alkyl halides is 6. The van der Waals surface area contributed by atoms with Gasteiger partial charge in [0, 0.05) is 0 Å². The van der Waals surface area contributed by atoms with Crippen molar-refractivity contribution in [3.05, 3.63) is 36.1 Å². The molecule has 0 saturated carbocycles. The molecule has 0 fully saturated rings. The van der Waals surface area contributed by atoms with Crippen molar-refractivity contribution in [3.8, 4) is 0 Å². The van der Waals surface area contributed by atoms with Crippen LogP contribution in [0.4, 0.5) is 26.3 Å². The number of allylic oxidation sites excluding steroid dienone is 4. The van der Waals surface area contributed by atoms with Crippen molar-refractivity contribution in [3.63, 3.8) is 0 Å². The lowest BCUT2D eigenvalue weighted by Gasteiger charge is -2.29. The minimum Gasteiger partial charge on any atom is -0.378 e. The number of hydrogen-bond donors (Lipinski definition) is 1. The van der Waals surface area contributed by atoms with E-state index in [-0.39, 0.29) is 5.57 Å². The second kappa shape index (κ2) is 6.99. The number of rotatable bonds is 8. The maximum atomic E-state index is 13.5. The lowest BCUT2D eigenvalue weighted by molar-refractivity contribution is -0.247. The Morgan fingerprint density at radius 2 is 1.44 bits per heavy atom. The van der Waals surface area contributed by atoms with Crippen LogP contribution in [-0.4, -0.2) is 37.8 Å². The first-order valence-electron chi connectivity index (χ1n) is 5.89. The highest BCUT2D eigenvalue weighted by atomic mass is 32.2. The van der Waals surface area contributed by atoms with Crippen LogP contribution in [-0.2, 0) is 24.4 Å². The number of hydrogen-bond acceptors (Lipinski definition) is 5. The quantitative estimate of drug-likeness (QED) is 0.214. The molecule has 146 valence electrons. The van der Waals surface area contributed by atoms with Gasteiger partial charge in [-0.05, 0) is 26.0 Å². The summed E-state index contributed by atoms with van der Waals surface area (Å²) >= 11 is 0. The Hall–Kier alpha value is -1.54. The summed E-state index contributed by atoms with van der Waals surface area (Å²) in [5, 5.41) is -13.5. The molecule has 0 aliphatic carbocycles. The van der Waals surface area contributed by atoms with Gasteiger partial charge in [-0.3, -0.25) is 4.55 Å². The molecule has 25 heavy (non-hydrogen) atoms. The van der Waals surface area contributed by atoms with Crippen LogP contribution in [0.5, 0.6) is 0 Å². The predicted octanol–water partition coefficient (Wildman–Crippen LogP) is 3.08. The molecule has 14 heteroatoms. The Morgan fingerprint density at radius 1 is 1.00 bits per heavy atom. The van der Waals surface area contributed by atoms with Gasteiger partial charge in [0.1, 0.15) is 5.76 Å². The summed E-state index contributed by atoms with van der Waals surface area (Å²) in [7, 11) is -13.9. The third-order valence-electron chi connectivity index (χ3n) is 2.39. The minimum absolute atomic E-state index is 0.260. The van der Waals surface area contributed by atoms with Gasteiger partial charge in [-0.1, -0.05) is 18.2 Å². The fraction of sp³-hybridized carbons (Fsp3) is 0.455. The van der Waals surface area contributed by atoms with Crippen molar-refractivity contribution < 1.29 is 51.9 Å². The van der Waals surface area contributed by atoms with E-state index in [1.165, 1.54) is 6.92 Å². The molecular weight excluding hydrogens is 406 g/mol. The van der Waals surface area contributed by atoms with E-state index in [0.29, 0.717) is 12.2 Å². The molecule has 0 unspecified atom stereocenters. The molecule has 0 aromatic rings. The monoisotopic (exact) mass is 418 g/mol. The molecule has 0 aliphatic heterocycles. The molecule has 0 saturated heterocycles. The van der Waals surface area contributed by atoms with E-state index in [0.717, 1.165) is 13.0 Å². The molecule has 0 bridgehead atoms. The van der Waals surface area contributed by atoms with Crippen LogP contribution >= 0.6 is 0 Å². The van der Waals surface area contributed by atoms with Gasteiger partial charge in [0.05, 0.1) is 0 Å². The van der Waals surface area contributed by atoms with Gasteiger partial charge in [-0.2, -0.15) is 43.2 Å². The zero-order chi connectivity index (χ0) is 20.5. The van der Waals surface area contributed by atoms with Crippen LogP contribution in [0, 0.1) is 0 Å². The average Bonchev–Trinajstić information content (AvgIpc) is 2.41. The van der Waals surface area contributed by atoms with Gasteiger partial charge >= 0.3 is 36.7 Å². The van der Waals surface area contributed by atoms with E-state index < -0.39 is 42.4 Å². The second-order valence-corrected chi connectivity index (χ2v) is 7.54. The van der Waals surface area contributed by atoms with Gasteiger partial charge in [-0.15, -0.1) is 0 Å². The highest BCUT2D eigenvalue weighted by molar-refractivity contribution is 7.88. The summed E-state index contributed by atoms with van der Waals surface area (Å²) in [5.41, 5.74) is 0.260. The molecule has 6 nitrogen and oxygen atoms in total. The fourth-order valence-electron chi connectivity index (χ4n) is 1.06. The smallest absolute Gasteiger partial charge is 0.378 e. The Labute approximate surface area is 139 Å². The van der Waals surface area contributed by atoms with E-state index in [9.17, 15) is 43.2 Å². The Bertz CT molecular complexity index is 795. The van der Waals surface area contributed by atoms with Crippen molar-refractivity contribution in [1.82, 2.24) is 0 Å². The van der Waals surface area contributed by atoms with Gasteiger partial charge in [0.2, 0.25) is 0 Å². The van der Waals surface area contributed by atoms with Crippen molar-refractivity contribution in [2.45, 2.75) is 30.3 Å². The summed E-state index contributed by atoms with van der Waals surface area (Å²) in [6.07, 6.45) is 2.44. The molecule has 0 heterocycles. The molecule has 0 aliphatic rings. The maximum absolute atomic E-state index is 13.5. The standard InChI is InChI=1S/C11H12F6O6S2/c1-4-8(6-5-7(2)3)23-25(21,22)11(16,17)9(12,13)10(14,15)24(18,19)20/h4-6H,2H2,1,3H3,(H,18,19,20)/b6-5-,8-4?. The third kappa shape index (κ3) is 4.36. The van der Waals surface area contributed by atoms with Crippen LogP contribution < -0.4 is 0 Å². The second-order valence-electron chi connectivity index (χ2n) is 4.49. The molecule has 0 atom stereocenters. The zero-order valence-electron chi connectivity index (χ0n) is 12.5. The van der Waals surface area contributed by atoms with Crippen LogP contribution in [0.1, 0.15) is 13.8 Å². The fourth-order valence-corrected chi connectivity index (χ4v) is 2.53.